The van der Waals surface area contributed by atoms with E-state index in [0.29, 0.717) is 0 Å². The molecule has 0 aliphatic heterocycles. The predicted molar refractivity (Wildman–Crippen MR) is 18.5 cm³/mol. The summed E-state index contributed by atoms with van der Waals surface area (Å²) in [7, 11) is 0. The van der Waals surface area contributed by atoms with Gasteiger partial charge < -0.3 is 5.48 Å². The summed E-state index contributed by atoms with van der Waals surface area (Å²) in [5.74, 6) is 0. The molecule has 0 aromatic carbocycles. The molecule has 0 aromatic heterocycles. The maximum atomic E-state index is 8.12. The predicted octanol–water partition coefficient (Wildman–Crippen LogP) is -3.14. The number of hydrogen-bond donors (Lipinski definition) is 1. The molecule has 0 radical (unpaired) electrons. The molecule has 5 heavy (non-hydrogen) atoms. The third kappa shape index (κ3) is 187. The van der Waals surface area contributed by atoms with Gasteiger partial charge in [-0.15, -0.1) is 0 Å². The molecule has 0 bridgehead atoms. The van der Waals surface area contributed by atoms with Gasteiger partial charge in [0.1, 0.15) is 0 Å². The zero-order valence-electron chi connectivity index (χ0n) is 1.82. The Labute approximate surface area is 50.7 Å². The molecule has 0 aliphatic rings. The van der Waals surface area contributed by atoms with Crippen LogP contribution in [0.1, 0.15) is 0 Å². The van der Waals surface area contributed by atoms with Crippen molar-refractivity contribution < 1.29 is 10.8 Å². The van der Waals surface area contributed by atoms with E-state index in [1.165, 1.54) is 0 Å². The van der Waals surface area contributed by atoms with Gasteiger partial charge in [-0.2, -0.15) is 0 Å². The molecule has 0 aromatic rings. The van der Waals surface area contributed by atoms with Gasteiger partial charge in [0.25, 0.3) is 0 Å². The fourth-order valence-corrected chi connectivity index (χ4v) is 0. The second-order valence-electron chi connectivity index (χ2n) is 0.0833. The minimum absolute atomic E-state index is 0. The van der Waals surface area contributed by atoms with Crippen LogP contribution in [0, 0.1) is 10.1 Å². The van der Waals surface area contributed by atoms with Crippen molar-refractivity contribution in [3.05, 3.63) is 10.1 Å². The zero-order chi connectivity index (χ0) is 2.71. The average molecular weight is 89.0 g/mol. The van der Waals surface area contributed by atoms with Gasteiger partial charge in [0.2, 0.25) is 0 Å². The van der Waals surface area contributed by atoms with Crippen molar-refractivity contribution in [1.29, 1.82) is 0 Å². The Morgan fingerprint density at radius 2 is 1.60 bits per heavy atom. The SMILES string of the molecule is O.O=[NH+][O-].[NaH]. The van der Waals surface area contributed by atoms with E-state index in [1.807, 2.05) is 0 Å². The van der Waals surface area contributed by atoms with Gasteiger partial charge in [0, 0.05) is 5.34 Å². The molecule has 5 heteroatoms. The maximum absolute atomic E-state index is 8.12. The molecule has 0 heterocycles. The van der Waals surface area contributed by atoms with E-state index < -0.39 is 0 Å². The average Bonchev–Trinajstić information content (AvgIpc) is 0.918. The number of rotatable bonds is 0. The topological polar surface area (TPSA) is 85.6 Å². The van der Waals surface area contributed by atoms with Crippen LogP contribution in [0.5, 0.6) is 0 Å². The summed E-state index contributed by atoms with van der Waals surface area (Å²) in [6, 6.07) is 0. The quantitative estimate of drug-likeness (QED) is 0.193. The van der Waals surface area contributed by atoms with Crippen LogP contribution < -0.4 is 5.34 Å². The first kappa shape index (κ1) is 18.3. The second-order valence-corrected chi connectivity index (χ2v) is 0.0833. The summed E-state index contributed by atoms with van der Waals surface area (Å²) < 4.78 is 0. The van der Waals surface area contributed by atoms with Crippen molar-refractivity contribution in [1.82, 2.24) is 0 Å². The summed E-state index contributed by atoms with van der Waals surface area (Å²) in [5.41, 5.74) is 0. The van der Waals surface area contributed by atoms with E-state index in [1.54, 1.807) is 0 Å². The molecule has 4 nitrogen and oxygen atoms in total. The molecule has 0 amide bonds. The Balaban J connectivity index is -0.0000000200. The van der Waals surface area contributed by atoms with Crippen LogP contribution in [0.3, 0.4) is 0 Å². The summed E-state index contributed by atoms with van der Waals surface area (Å²) in [5, 5.41) is 8.38. The zero-order valence-corrected chi connectivity index (χ0v) is 1.82. The van der Waals surface area contributed by atoms with E-state index in [4.69, 9.17) is 10.1 Å². The van der Waals surface area contributed by atoms with Gasteiger partial charge in [-0.05, 0) is 0 Å². The second kappa shape index (κ2) is 26.6. The first-order valence-corrected chi connectivity index (χ1v) is 0.408. The third-order valence-corrected chi connectivity index (χ3v) is 0. The number of nitrogens with one attached hydrogen (secondary N) is 1. The summed E-state index contributed by atoms with van der Waals surface area (Å²) >= 11 is 0. The van der Waals surface area contributed by atoms with Gasteiger partial charge in [-0.1, -0.05) is 0 Å². The Bertz CT molecular complexity index is 14.4. The first-order valence-electron chi connectivity index (χ1n) is 0.408. The van der Waals surface area contributed by atoms with Gasteiger partial charge >= 0.3 is 29.6 Å². The van der Waals surface area contributed by atoms with Crippen molar-refractivity contribution in [3.63, 3.8) is 0 Å². The molecule has 0 saturated carbocycles. The van der Waals surface area contributed by atoms with Gasteiger partial charge in [-0.3, -0.25) is 10.1 Å². The molecule has 0 saturated heterocycles. The van der Waals surface area contributed by atoms with E-state index >= 15 is 0 Å². The van der Waals surface area contributed by atoms with Crippen molar-refractivity contribution >= 4 is 29.6 Å². The van der Waals surface area contributed by atoms with Gasteiger partial charge in [0.05, 0.1) is 0 Å². The van der Waals surface area contributed by atoms with Gasteiger partial charge in [0.15, 0.2) is 0 Å². The van der Waals surface area contributed by atoms with E-state index in [-0.39, 0.29) is 40.4 Å². The first-order chi connectivity index (χ1) is 1.41. The molecular formula is H4NNaO3. The summed E-state index contributed by atoms with van der Waals surface area (Å²) in [4.78, 5) is 8.12. The van der Waals surface area contributed by atoms with Crippen LogP contribution in [0.4, 0.5) is 0 Å². The van der Waals surface area contributed by atoms with Crippen molar-refractivity contribution in [3.8, 4) is 0 Å². The summed E-state index contributed by atoms with van der Waals surface area (Å²) in [6.07, 6.45) is 0. The molecule has 0 rings (SSSR count). The molecular weight excluding hydrogens is 85.0 g/mol. The molecule has 0 aliphatic carbocycles. The molecule has 28 valence electrons. The van der Waals surface area contributed by atoms with Crippen LogP contribution in [-0.4, -0.2) is 35.0 Å². The van der Waals surface area contributed by atoms with Crippen molar-refractivity contribution in [2.45, 2.75) is 0 Å². The molecule has 0 spiro atoms. The Morgan fingerprint density at radius 3 is 1.60 bits per heavy atom. The van der Waals surface area contributed by atoms with Gasteiger partial charge in [-0.25, -0.2) is 0 Å². The molecule has 3 N–H and O–H groups in total. The van der Waals surface area contributed by atoms with Crippen LogP contribution >= 0.6 is 0 Å². The Hall–Kier alpha value is 0.360. The van der Waals surface area contributed by atoms with Crippen molar-refractivity contribution in [2.75, 3.05) is 0 Å². The molecule has 0 fully saturated rings. The van der Waals surface area contributed by atoms with E-state index in [0.717, 1.165) is 0 Å². The monoisotopic (exact) mass is 89.0 g/mol. The standard InChI is InChI=1S/HNO2.Na.H2O.H/c2-1-3;;;/h1H;;1H2;. The Kier molecular flexibility index (Phi) is 97.4. The van der Waals surface area contributed by atoms with E-state index in [9.17, 15) is 0 Å². The van der Waals surface area contributed by atoms with Crippen LogP contribution in [0.2, 0.25) is 0 Å². The fraction of sp³-hybridized carbons (Fsp3) is 0. The summed E-state index contributed by atoms with van der Waals surface area (Å²) in [6.45, 7) is 0. The van der Waals surface area contributed by atoms with Crippen LogP contribution in [-0.2, 0) is 0 Å². The third-order valence-electron chi connectivity index (χ3n) is 0. The normalized spacial score (nSPS) is 2.40. The van der Waals surface area contributed by atoms with Crippen LogP contribution in [0.15, 0.2) is 0 Å². The fourth-order valence-electron chi connectivity index (χ4n) is 0. The molecule has 0 unspecified atom stereocenters. The molecule has 0 atom stereocenters. The Morgan fingerprint density at radius 1 is 1.60 bits per heavy atom. The minimum atomic E-state index is 0. The number of hydrogen-bond acceptors (Lipinski definition) is 2. The van der Waals surface area contributed by atoms with Crippen molar-refractivity contribution in [2.24, 2.45) is 0 Å². The van der Waals surface area contributed by atoms with Crippen LogP contribution in [0.25, 0.3) is 0 Å². The van der Waals surface area contributed by atoms with E-state index in [2.05, 4.69) is 0 Å².